The molecule has 1 aliphatic rings. The minimum atomic E-state index is -0.611. The van der Waals surface area contributed by atoms with E-state index in [-0.39, 0.29) is 5.54 Å². The van der Waals surface area contributed by atoms with Crippen molar-refractivity contribution in [2.24, 2.45) is 4.99 Å². The lowest BCUT2D eigenvalue weighted by atomic mass is 10.1. The van der Waals surface area contributed by atoms with Crippen LogP contribution in [0, 0.1) is 0 Å². The van der Waals surface area contributed by atoms with Gasteiger partial charge in [-0.15, -0.1) is 0 Å². The normalized spacial score (nSPS) is 15.6. The Hall–Kier alpha value is -2.44. The van der Waals surface area contributed by atoms with Crippen LogP contribution in [0.3, 0.4) is 0 Å². The van der Waals surface area contributed by atoms with Crippen molar-refractivity contribution in [3.05, 3.63) is 90.5 Å². The van der Waals surface area contributed by atoms with Crippen molar-refractivity contribution in [2.75, 3.05) is 6.61 Å². The van der Waals surface area contributed by atoms with Gasteiger partial charge in [0.1, 0.15) is 6.61 Å². The van der Waals surface area contributed by atoms with Gasteiger partial charge in [0.05, 0.1) is 5.54 Å². The van der Waals surface area contributed by atoms with Crippen molar-refractivity contribution in [1.82, 2.24) is 0 Å². The second-order valence-corrected chi connectivity index (χ2v) is 9.29. The van der Waals surface area contributed by atoms with Crippen LogP contribution in [-0.2, 0) is 4.74 Å². The Balaban J connectivity index is 1.79. The lowest BCUT2D eigenvalue weighted by Crippen LogP contribution is -2.21. The van der Waals surface area contributed by atoms with Gasteiger partial charge in [-0.3, -0.25) is 0 Å². The summed E-state index contributed by atoms with van der Waals surface area (Å²) in [6, 6.07) is 30.1. The molecule has 0 unspecified atom stereocenters. The Labute approximate surface area is 156 Å². The van der Waals surface area contributed by atoms with Crippen LogP contribution in [0.15, 0.2) is 89.9 Å². The predicted molar refractivity (Wildman–Crippen MR) is 112 cm³/mol. The fourth-order valence-corrected chi connectivity index (χ4v) is 5.45. The van der Waals surface area contributed by atoms with Gasteiger partial charge in [-0.1, -0.05) is 72.8 Å². The topological polar surface area (TPSA) is 21.6 Å². The first-order valence-corrected chi connectivity index (χ1v) is 10.2. The summed E-state index contributed by atoms with van der Waals surface area (Å²) in [5.74, 6) is 0.757. The second kappa shape index (κ2) is 7.05. The molecule has 3 aromatic rings. The van der Waals surface area contributed by atoms with Gasteiger partial charge in [-0.2, -0.15) is 0 Å². The Bertz CT molecular complexity index is 880. The van der Waals surface area contributed by atoms with E-state index in [2.05, 4.69) is 98.8 Å². The second-order valence-electron chi connectivity index (χ2n) is 7.07. The molecular formula is C23H22NOP. The maximum absolute atomic E-state index is 5.86. The van der Waals surface area contributed by atoms with Crippen LogP contribution in [0.5, 0.6) is 0 Å². The monoisotopic (exact) mass is 359 g/mol. The number of aliphatic imine (C=N–C) groups is 1. The van der Waals surface area contributed by atoms with Crippen LogP contribution in [0.1, 0.15) is 19.4 Å². The SMILES string of the molecule is CC1(C)COC(c2cccc(P(c3ccccc3)c3ccccc3)c2)=N1. The molecule has 0 radical (unpaired) electrons. The highest BCUT2D eigenvalue weighted by atomic mass is 31.1. The number of hydrogen-bond donors (Lipinski definition) is 0. The molecule has 1 aliphatic heterocycles. The van der Waals surface area contributed by atoms with Gasteiger partial charge >= 0.3 is 0 Å². The van der Waals surface area contributed by atoms with Crippen molar-refractivity contribution in [3.8, 4) is 0 Å². The number of benzene rings is 3. The van der Waals surface area contributed by atoms with Crippen LogP contribution in [0.2, 0.25) is 0 Å². The minimum absolute atomic E-state index is 0.144. The molecule has 0 N–H and O–H groups in total. The lowest BCUT2D eigenvalue weighted by molar-refractivity contribution is 0.279. The van der Waals surface area contributed by atoms with Crippen molar-refractivity contribution >= 4 is 29.7 Å². The number of rotatable bonds is 4. The Kier molecular flexibility index (Phi) is 4.61. The van der Waals surface area contributed by atoms with Gasteiger partial charge < -0.3 is 4.74 Å². The fourth-order valence-electron chi connectivity index (χ4n) is 3.11. The third-order valence-corrected chi connectivity index (χ3v) is 6.77. The molecule has 0 bridgehead atoms. The molecule has 0 amide bonds. The number of nitrogens with zero attached hydrogens (tertiary/aromatic N) is 1. The van der Waals surface area contributed by atoms with Gasteiger partial charge in [0, 0.05) is 5.56 Å². The van der Waals surface area contributed by atoms with Gasteiger partial charge in [-0.25, -0.2) is 4.99 Å². The van der Waals surface area contributed by atoms with Crippen molar-refractivity contribution < 1.29 is 4.74 Å². The van der Waals surface area contributed by atoms with E-state index in [0.717, 1.165) is 11.5 Å². The zero-order valence-electron chi connectivity index (χ0n) is 15.1. The molecule has 0 aromatic heterocycles. The standard InChI is InChI=1S/C23H22NOP/c1-23(2)17-25-22(24-23)18-10-9-15-21(16-18)26(19-11-5-3-6-12-19)20-13-7-4-8-14-20/h3-16H,17H2,1-2H3. The summed E-state index contributed by atoms with van der Waals surface area (Å²) >= 11 is 0. The highest BCUT2D eigenvalue weighted by molar-refractivity contribution is 7.79. The predicted octanol–water partition coefficient (Wildman–Crippen LogP) is 4.00. The van der Waals surface area contributed by atoms with E-state index < -0.39 is 7.92 Å². The summed E-state index contributed by atoms with van der Waals surface area (Å²) in [4.78, 5) is 4.74. The van der Waals surface area contributed by atoms with E-state index in [9.17, 15) is 0 Å². The summed E-state index contributed by atoms with van der Waals surface area (Å²) < 4.78 is 5.86. The van der Waals surface area contributed by atoms with E-state index in [0.29, 0.717) is 6.61 Å². The van der Waals surface area contributed by atoms with Gasteiger partial charge in [0.15, 0.2) is 0 Å². The van der Waals surface area contributed by atoms with Crippen LogP contribution < -0.4 is 15.9 Å². The molecule has 3 heteroatoms. The Morgan fingerprint density at radius 3 is 1.88 bits per heavy atom. The molecule has 0 aliphatic carbocycles. The Morgan fingerprint density at radius 2 is 1.35 bits per heavy atom. The average Bonchev–Trinajstić information content (AvgIpc) is 3.04. The molecular weight excluding hydrogens is 337 g/mol. The smallest absolute Gasteiger partial charge is 0.216 e. The zero-order chi connectivity index (χ0) is 18.0. The first-order valence-electron chi connectivity index (χ1n) is 8.86. The van der Waals surface area contributed by atoms with Gasteiger partial charge in [0.2, 0.25) is 5.90 Å². The molecule has 3 aromatic carbocycles. The highest BCUT2D eigenvalue weighted by Gasteiger charge is 2.27. The number of hydrogen-bond acceptors (Lipinski definition) is 2. The van der Waals surface area contributed by atoms with E-state index in [1.54, 1.807) is 0 Å². The highest BCUT2D eigenvalue weighted by Crippen LogP contribution is 2.33. The molecule has 130 valence electrons. The maximum atomic E-state index is 5.86. The summed E-state index contributed by atoms with van der Waals surface area (Å²) in [5, 5.41) is 4.01. The Morgan fingerprint density at radius 1 is 0.769 bits per heavy atom. The summed E-state index contributed by atoms with van der Waals surface area (Å²) in [6.07, 6.45) is 0. The third kappa shape index (κ3) is 3.57. The average molecular weight is 359 g/mol. The van der Waals surface area contributed by atoms with Gasteiger partial charge in [0.25, 0.3) is 0 Å². The van der Waals surface area contributed by atoms with Crippen LogP contribution in [0.4, 0.5) is 0 Å². The van der Waals surface area contributed by atoms with E-state index in [4.69, 9.17) is 9.73 Å². The molecule has 4 rings (SSSR count). The van der Waals surface area contributed by atoms with Crippen LogP contribution in [-0.4, -0.2) is 18.0 Å². The molecule has 26 heavy (non-hydrogen) atoms. The summed E-state index contributed by atoms with van der Waals surface area (Å²) in [7, 11) is -0.611. The van der Waals surface area contributed by atoms with Crippen molar-refractivity contribution in [1.29, 1.82) is 0 Å². The molecule has 0 saturated heterocycles. The summed E-state index contributed by atoms with van der Waals surface area (Å²) in [5.41, 5.74) is 0.919. The van der Waals surface area contributed by atoms with Gasteiger partial charge in [-0.05, 0) is 49.8 Å². The van der Waals surface area contributed by atoms with Crippen LogP contribution in [0.25, 0.3) is 0 Å². The number of ether oxygens (including phenoxy) is 1. The summed E-state index contributed by atoms with van der Waals surface area (Å²) in [6.45, 7) is 4.84. The third-order valence-electron chi connectivity index (χ3n) is 4.35. The minimum Gasteiger partial charge on any atom is -0.475 e. The molecule has 2 nitrogen and oxygen atoms in total. The molecule has 1 heterocycles. The lowest BCUT2D eigenvalue weighted by Gasteiger charge is -2.20. The molecule has 0 fully saturated rings. The zero-order valence-corrected chi connectivity index (χ0v) is 16.0. The fraction of sp³-hybridized carbons (Fsp3) is 0.174. The molecule has 0 saturated carbocycles. The maximum Gasteiger partial charge on any atom is 0.216 e. The van der Waals surface area contributed by atoms with Crippen molar-refractivity contribution in [2.45, 2.75) is 19.4 Å². The quantitative estimate of drug-likeness (QED) is 0.645. The van der Waals surface area contributed by atoms with Crippen molar-refractivity contribution in [3.63, 3.8) is 0 Å². The first-order chi connectivity index (χ1) is 12.6. The van der Waals surface area contributed by atoms with E-state index >= 15 is 0 Å². The largest absolute Gasteiger partial charge is 0.475 e. The van der Waals surface area contributed by atoms with Crippen LogP contribution >= 0.6 is 7.92 Å². The van der Waals surface area contributed by atoms with E-state index in [1.165, 1.54) is 15.9 Å². The molecule has 0 atom stereocenters. The molecule has 0 spiro atoms. The van der Waals surface area contributed by atoms with E-state index in [1.807, 2.05) is 0 Å². The first kappa shape index (κ1) is 17.0.